The smallest absolute Gasteiger partial charge is 0.327 e. The Morgan fingerprint density at radius 3 is 2.93 bits per heavy atom. The van der Waals surface area contributed by atoms with Crippen LogP contribution in [-0.4, -0.2) is 17.1 Å². The van der Waals surface area contributed by atoms with E-state index in [2.05, 4.69) is 21.2 Å². The van der Waals surface area contributed by atoms with E-state index in [9.17, 15) is 4.79 Å². The third-order valence-corrected chi connectivity index (χ3v) is 3.44. The molecule has 1 heterocycles. The van der Waals surface area contributed by atoms with Gasteiger partial charge in [0.1, 0.15) is 6.04 Å². The molecule has 0 radical (unpaired) electrons. The first kappa shape index (κ1) is 9.80. The SMILES string of the molecule is O=C(O)C1Nc2ccc(Cl)cc2C1Br. The molecule has 1 aromatic carbocycles. The molecule has 0 spiro atoms. The van der Waals surface area contributed by atoms with Crippen molar-refractivity contribution in [3.05, 3.63) is 28.8 Å². The van der Waals surface area contributed by atoms with E-state index in [1.54, 1.807) is 18.2 Å². The van der Waals surface area contributed by atoms with Crippen LogP contribution in [0, 0.1) is 0 Å². The van der Waals surface area contributed by atoms with Crippen LogP contribution in [0.2, 0.25) is 5.02 Å². The van der Waals surface area contributed by atoms with Crippen LogP contribution < -0.4 is 5.32 Å². The highest BCUT2D eigenvalue weighted by molar-refractivity contribution is 9.09. The highest BCUT2D eigenvalue weighted by Gasteiger charge is 2.35. The van der Waals surface area contributed by atoms with Crippen molar-refractivity contribution in [2.24, 2.45) is 0 Å². The lowest BCUT2D eigenvalue weighted by Gasteiger charge is -2.08. The number of rotatable bonds is 1. The first-order chi connectivity index (χ1) is 6.59. The monoisotopic (exact) mass is 275 g/mol. The van der Waals surface area contributed by atoms with Crippen molar-refractivity contribution in [2.45, 2.75) is 10.9 Å². The number of carboxylic acid groups (broad SMARTS) is 1. The molecule has 1 aliphatic heterocycles. The Balaban J connectivity index is 2.41. The van der Waals surface area contributed by atoms with Crippen LogP contribution in [0.25, 0.3) is 0 Å². The summed E-state index contributed by atoms with van der Waals surface area (Å²) in [5.41, 5.74) is 1.72. The molecule has 2 unspecified atom stereocenters. The number of fused-ring (bicyclic) bond motifs is 1. The lowest BCUT2D eigenvalue weighted by molar-refractivity contribution is -0.137. The molecule has 5 heteroatoms. The van der Waals surface area contributed by atoms with Crippen LogP contribution in [0.5, 0.6) is 0 Å². The van der Waals surface area contributed by atoms with Crippen LogP contribution >= 0.6 is 27.5 Å². The number of benzene rings is 1. The summed E-state index contributed by atoms with van der Waals surface area (Å²) in [6.07, 6.45) is 0. The Morgan fingerprint density at radius 1 is 1.57 bits per heavy atom. The maximum absolute atomic E-state index is 10.8. The molecule has 2 atom stereocenters. The predicted octanol–water partition coefficient (Wildman–Crippen LogP) is 2.65. The van der Waals surface area contributed by atoms with Crippen LogP contribution in [0.1, 0.15) is 10.4 Å². The molecule has 1 aromatic rings. The van der Waals surface area contributed by atoms with E-state index in [1.165, 1.54) is 0 Å². The molecule has 0 aliphatic carbocycles. The predicted molar refractivity (Wildman–Crippen MR) is 58.2 cm³/mol. The molecule has 14 heavy (non-hydrogen) atoms. The third-order valence-electron chi connectivity index (χ3n) is 2.18. The van der Waals surface area contributed by atoms with E-state index < -0.39 is 12.0 Å². The molecule has 0 saturated carbocycles. The molecule has 2 N–H and O–H groups in total. The summed E-state index contributed by atoms with van der Waals surface area (Å²) >= 11 is 9.16. The fourth-order valence-electron chi connectivity index (χ4n) is 1.50. The van der Waals surface area contributed by atoms with E-state index in [4.69, 9.17) is 16.7 Å². The fourth-order valence-corrected chi connectivity index (χ4v) is 2.42. The average molecular weight is 277 g/mol. The summed E-state index contributed by atoms with van der Waals surface area (Å²) in [5.74, 6) is -0.876. The molecule has 2 rings (SSSR count). The number of carbonyl (C=O) groups is 1. The Morgan fingerprint density at radius 2 is 2.29 bits per heavy atom. The largest absolute Gasteiger partial charge is 0.480 e. The summed E-state index contributed by atoms with van der Waals surface area (Å²) in [4.78, 5) is 10.6. The molecule has 0 amide bonds. The standard InChI is InChI=1S/C9H7BrClNO2/c10-7-5-3-4(11)1-2-6(5)12-8(7)9(13)14/h1-3,7-8,12H,(H,13,14). The zero-order valence-corrected chi connectivity index (χ0v) is 9.34. The molecule has 0 fully saturated rings. The molecule has 1 aliphatic rings. The number of carboxylic acids is 1. The molecule has 0 bridgehead atoms. The van der Waals surface area contributed by atoms with Crippen LogP contribution in [0.3, 0.4) is 0 Å². The fraction of sp³-hybridized carbons (Fsp3) is 0.222. The van der Waals surface area contributed by atoms with Gasteiger partial charge in [-0.25, -0.2) is 4.79 Å². The van der Waals surface area contributed by atoms with E-state index in [0.717, 1.165) is 11.3 Å². The molecule has 74 valence electrons. The van der Waals surface area contributed by atoms with Gasteiger partial charge in [0.15, 0.2) is 0 Å². The zero-order valence-electron chi connectivity index (χ0n) is 7.00. The van der Waals surface area contributed by atoms with Crippen LogP contribution in [0.15, 0.2) is 18.2 Å². The van der Waals surface area contributed by atoms with Crippen LogP contribution in [0.4, 0.5) is 5.69 Å². The number of aliphatic carboxylic acids is 1. The van der Waals surface area contributed by atoms with Gasteiger partial charge in [-0.15, -0.1) is 0 Å². The number of halogens is 2. The lowest BCUT2D eigenvalue weighted by atomic mass is 10.1. The number of hydrogen-bond acceptors (Lipinski definition) is 2. The van der Waals surface area contributed by atoms with Crippen molar-refractivity contribution in [3.63, 3.8) is 0 Å². The minimum atomic E-state index is -0.876. The molecule has 0 aromatic heterocycles. The normalized spacial score (nSPS) is 24.1. The van der Waals surface area contributed by atoms with Gasteiger partial charge in [-0.2, -0.15) is 0 Å². The second-order valence-electron chi connectivity index (χ2n) is 3.09. The molecule has 3 nitrogen and oxygen atoms in total. The van der Waals surface area contributed by atoms with Crippen molar-refractivity contribution in [1.82, 2.24) is 0 Å². The van der Waals surface area contributed by atoms with Crippen LogP contribution in [-0.2, 0) is 4.79 Å². The highest BCUT2D eigenvalue weighted by atomic mass is 79.9. The second kappa shape index (κ2) is 3.44. The Bertz CT molecular complexity index is 396. The molecule has 0 saturated heterocycles. The van der Waals surface area contributed by atoms with Gasteiger partial charge in [0.2, 0.25) is 0 Å². The third kappa shape index (κ3) is 1.48. The highest BCUT2D eigenvalue weighted by Crippen LogP contribution is 2.41. The van der Waals surface area contributed by atoms with Gasteiger partial charge in [-0.3, -0.25) is 0 Å². The summed E-state index contributed by atoms with van der Waals surface area (Å²) in [5, 5.41) is 12.4. The number of alkyl halides is 1. The van der Waals surface area contributed by atoms with Gasteiger partial charge >= 0.3 is 5.97 Å². The summed E-state index contributed by atoms with van der Waals surface area (Å²) in [7, 11) is 0. The topological polar surface area (TPSA) is 49.3 Å². The minimum Gasteiger partial charge on any atom is -0.480 e. The van der Waals surface area contributed by atoms with Gasteiger partial charge in [-0.05, 0) is 23.8 Å². The average Bonchev–Trinajstić information content (AvgIpc) is 2.44. The minimum absolute atomic E-state index is 0.228. The summed E-state index contributed by atoms with van der Waals surface area (Å²) in [6.45, 7) is 0. The Labute approximate surface area is 94.2 Å². The van der Waals surface area contributed by atoms with Gasteiger partial charge in [0, 0.05) is 10.7 Å². The van der Waals surface area contributed by atoms with Gasteiger partial charge in [0.05, 0.1) is 4.83 Å². The quantitative estimate of drug-likeness (QED) is 0.775. The summed E-state index contributed by atoms with van der Waals surface area (Å²) in [6, 6.07) is 4.67. The number of nitrogens with one attached hydrogen (secondary N) is 1. The zero-order chi connectivity index (χ0) is 10.3. The summed E-state index contributed by atoms with van der Waals surface area (Å²) < 4.78 is 0. The van der Waals surface area contributed by atoms with Crippen molar-refractivity contribution in [1.29, 1.82) is 0 Å². The van der Waals surface area contributed by atoms with Gasteiger partial charge < -0.3 is 10.4 Å². The van der Waals surface area contributed by atoms with E-state index in [0.29, 0.717) is 5.02 Å². The van der Waals surface area contributed by atoms with Crippen molar-refractivity contribution in [2.75, 3.05) is 5.32 Å². The molecular weight excluding hydrogens is 269 g/mol. The van der Waals surface area contributed by atoms with E-state index in [-0.39, 0.29) is 4.83 Å². The van der Waals surface area contributed by atoms with Crippen molar-refractivity contribution >= 4 is 39.2 Å². The maximum atomic E-state index is 10.8. The van der Waals surface area contributed by atoms with Crippen molar-refractivity contribution in [3.8, 4) is 0 Å². The van der Waals surface area contributed by atoms with E-state index >= 15 is 0 Å². The first-order valence-electron chi connectivity index (χ1n) is 4.02. The lowest BCUT2D eigenvalue weighted by Crippen LogP contribution is -2.27. The van der Waals surface area contributed by atoms with Crippen molar-refractivity contribution < 1.29 is 9.90 Å². The number of hydrogen-bond donors (Lipinski definition) is 2. The Hall–Kier alpha value is -0.740. The maximum Gasteiger partial charge on any atom is 0.327 e. The Kier molecular flexibility index (Phi) is 2.41. The second-order valence-corrected chi connectivity index (χ2v) is 4.52. The van der Waals surface area contributed by atoms with Gasteiger partial charge in [0.25, 0.3) is 0 Å². The van der Waals surface area contributed by atoms with E-state index in [1.807, 2.05) is 0 Å². The first-order valence-corrected chi connectivity index (χ1v) is 5.32. The van der Waals surface area contributed by atoms with Gasteiger partial charge in [-0.1, -0.05) is 27.5 Å². The molecular formula is C9H7BrClNO2. The number of anilines is 1.